The lowest BCUT2D eigenvalue weighted by Crippen LogP contribution is -2.30. The van der Waals surface area contributed by atoms with Gasteiger partial charge in [0.1, 0.15) is 4.32 Å². The predicted octanol–water partition coefficient (Wildman–Crippen LogP) is 4.64. The number of methoxy groups -OCH3 is 2. The average molecular weight is 439 g/mol. The third-order valence-electron chi connectivity index (χ3n) is 5.16. The molecule has 3 aromatic rings. The Balaban J connectivity index is 1.52. The molecule has 1 amide bonds. The summed E-state index contributed by atoms with van der Waals surface area (Å²) in [6.45, 7) is 0.521. The zero-order chi connectivity index (χ0) is 21.3. The Morgan fingerprint density at radius 1 is 1.10 bits per heavy atom. The van der Waals surface area contributed by atoms with Crippen LogP contribution in [0.1, 0.15) is 11.1 Å². The summed E-state index contributed by atoms with van der Waals surface area (Å²) >= 11 is 6.85. The molecule has 0 unspecified atom stereocenters. The zero-order valence-electron chi connectivity index (χ0n) is 17.0. The Kier molecular flexibility index (Phi) is 5.83. The maximum atomic E-state index is 13.0. The zero-order valence-corrected chi connectivity index (χ0v) is 18.7. The fourth-order valence-corrected chi connectivity index (χ4v) is 4.90. The minimum atomic E-state index is -0.0431. The van der Waals surface area contributed by atoms with Crippen molar-refractivity contribution in [1.82, 2.24) is 9.47 Å². The van der Waals surface area contributed by atoms with Gasteiger partial charge in [0.25, 0.3) is 5.91 Å². The molecule has 1 saturated heterocycles. The molecule has 154 valence electrons. The SMILES string of the molecule is COc1ccc(CCN2C(=O)C(=Cc3cn(C)c4ccccc34)SC2=S)cc1OC. The van der Waals surface area contributed by atoms with Gasteiger partial charge in [-0.3, -0.25) is 9.69 Å². The van der Waals surface area contributed by atoms with Gasteiger partial charge < -0.3 is 14.0 Å². The van der Waals surface area contributed by atoms with Gasteiger partial charge in [-0.25, -0.2) is 0 Å². The van der Waals surface area contributed by atoms with Crippen LogP contribution < -0.4 is 9.47 Å². The van der Waals surface area contributed by atoms with Crippen LogP contribution >= 0.6 is 24.0 Å². The third kappa shape index (κ3) is 3.82. The molecular weight excluding hydrogens is 416 g/mol. The number of hydrogen-bond donors (Lipinski definition) is 0. The number of nitrogens with zero attached hydrogens (tertiary/aromatic N) is 2. The van der Waals surface area contributed by atoms with Gasteiger partial charge in [0.2, 0.25) is 0 Å². The van der Waals surface area contributed by atoms with Crippen LogP contribution in [0.2, 0.25) is 0 Å². The number of para-hydroxylation sites is 1. The normalized spacial score (nSPS) is 15.4. The molecular formula is C23H22N2O3S2. The number of thiocarbonyl (C=S) groups is 1. The van der Waals surface area contributed by atoms with Gasteiger partial charge in [-0.15, -0.1) is 0 Å². The van der Waals surface area contributed by atoms with Crippen molar-refractivity contribution in [3.8, 4) is 11.5 Å². The molecule has 30 heavy (non-hydrogen) atoms. The molecule has 0 atom stereocenters. The number of carbonyl (C=O) groups excluding carboxylic acids is 1. The number of thioether (sulfide) groups is 1. The van der Waals surface area contributed by atoms with Crippen molar-refractivity contribution < 1.29 is 14.3 Å². The molecule has 7 heteroatoms. The average Bonchev–Trinajstić information content (AvgIpc) is 3.22. The number of benzene rings is 2. The van der Waals surface area contributed by atoms with E-state index in [1.54, 1.807) is 19.1 Å². The Morgan fingerprint density at radius 3 is 2.63 bits per heavy atom. The number of ether oxygens (including phenoxy) is 2. The van der Waals surface area contributed by atoms with Crippen molar-refractivity contribution in [2.45, 2.75) is 6.42 Å². The number of carbonyl (C=O) groups is 1. The summed E-state index contributed by atoms with van der Waals surface area (Å²) in [4.78, 5) is 15.3. The summed E-state index contributed by atoms with van der Waals surface area (Å²) in [5.74, 6) is 1.32. The first-order chi connectivity index (χ1) is 14.5. The number of rotatable bonds is 6. The van der Waals surface area contributed by atoms with Crippen LogP contribution in [0.3, 0.4) is 0 Å². The Bertz CT molecular complexity index is 1170. The van der Waals surface area contributed by atoms with E-state index in [1.165, 1.54) is 11.8 Å². The van der Waals surface area contributed by atoms with Gasteiger partial charge in [-0.05, 0) is 36.3 Å². The third-order valence-corrected chi connectivity index (χ3v) is 6.54. The lowest BCUT2D eigenvalue weighted by molar-refractivity contribution is -0.122. The number of amides is 1. The van der Waals surface area contributed by atoms with Gasteiger partial charge in [-0.2, -0.15) is 0 Å². The molecule has 1 aliphatic heterocycles. The monoisotopic (exact) mass is 438 g/mol. The summed E-state index contributed by atoms with van der Waals surface area (Å²) in [5.41, 5.74) is 3.21. The quantitative estimate of drug-likeness (QED) is 0.414. The van der Waals surface area contributed by atoms with E-state index in [0.717, 1.165) is 22.0 Å². The summed E-state index contributed by atoms with van der Waals surface area (Å²) in [5, 5.41) is 1.12. The Labute approximate surface area is 185 Å². The highest BCUT2D eigenvalue weighted by Gasteiger charge is 2.31. The second-order valence-electron chi connectivity index (χ2n) is 6.99. The van der Waals surface area contributed by atoms with Crippen LogP contribution in [0.4, 0.5) is 0 Å². The van der Waals surface area contributed by atoms with Crippen LogP contribution in [0.15, 0.2) is 53.6 Å². The predicted molar refractivity (Wildman–Crippen MR) is 126 cm³/mol. The minimum Gasteiger partial charge on any atom is -0.493 e. The van der Waals surface area contributed by atoms with E-state index in [0.29, 0.717) is 33.7 Å². The highest BCUT2D eigenvalue weighted by atomic mass is 32.2. The maximum Gasteiger partial charge on any atom is 0.266 e. The first kappa shape index (κ1) is 20.5. The Morgan fingerprint density at radius 2 is 1.87 bits per heavy atom. The molecule has 1 aromatic heterocycles. The van der Waals surface area contributed by atoms with E-state index in [2.05, 4.69) is 16.7 Å². The van der Waals surface area contributed by atoms with E-state index in [9.17, 15) is 4.79 Å². The fraction of sp³-hybridized carbons (Fsp3) is 0.217. The second-order valence-corrected chi connectivity index (χ2v) is 8.66. The molecule has 1 fully saturated rings. The summed E-state index contributed by atoms with van der Waals surface area (Å²) in [7, 11) is 5.23. The summed E-state index contributed by atoms with van der Waals surface area (Å²) < 4.78 is 13.3. The van der Waals surface area contributed by atoms with Crippen molar-refractivity contribution in [3.05, 3.63) is 64.7 Å². The lowest BCUT2D eigenvalue weighted by atomic mass is 10.1. The largest absolute Gasteiger partial charge is 0.493 e. The van der Waals surface area contributed by atoms with Gasteiger partial charge in [0, 0.05) is 36.3 Å². The van der Waals surface area contributed by atoms with Gasteiger partial charge in [0.15, 0.2) is 11.5 Å². The molecule has 0 N–H and O–H groups in total. The second kappa shape index (κ2) is 8.53. The Hall–Kier alpha value is -2.77. The molecule has 0 radical (unpaired) electrons. The molecule has 2 heterocycles. The van der Waals surface area contributed by atoms with Crippen molar-refractivity contribution in [2.75, 3.05) is 20.8 Å². The number of hydrogen-bond acceptors (Lipinski definition) is 5. The number of fused-ring (bicyclic) bond motifs is 1. The van der Waals surface area contributed by atoms with E-state index < -0.39 is 0 Å². The minimum absolute atomic E-state index is 0.0431. The highest BCUT2D eigenvalue weighted by Crippen LogP contribution is 2.35. The number of aryl methyl sites for hydroxylation is 1. The van der Waals surface area contributed by atoms with E-state index >= 15 is 0 Å². The first-order valence-electron chi connectivity index (χ1n) is 9.52. The standard InChI is InChI=1S/C23H22N2O3S2/c1-24-14-16(17-6-4-5-7-18(17)24)13-21-22(26)25(23(29)30-21)11-10-15-8-9-19(27-2)20(12-15)28-3/h4-9,12-14H,10-11H2,1-3H3. The molecule has 4 rings (SSSR count). The van der Waals surface area contributed by atoms with Crippen molar-refractivity contribution in [2.24, 2.45) is 7.05 Å². The van der Waals surface area contributed by atoms with E-state index in [1.807, 2.05) is 49.7 Å². The molecule has 2 aromatic carbocycles. The van der Waals surface area contributed by atoms with Crippen molar-refractivity contribution >= 4 is 51.2 Å². The topological polar surface area (TPSA) is 43.7 Å². The van der Waals surface area contributed by atoms with Gasteiger partial charge >= 0.3 is 0 Å². The summed E-state index contributed by atoms with van der Waals surface area (Å²) in [6, 6.07) is 13.9. The molecule has 0 bridgehead atoms. The van der Waals surface area contributed by atoms with Crippen LogP contribution in [0.25, 0.3) is 17.0 Å². The fourth-order valence-electron chi connectivity index (χ4n) is 3.60. The molecule has 0 spiro atoms. The smallest absolute Gasteiger partial charge is 0.266 e. The first-order valence-corrected chi connectivity index (χ1v) is 10.7. The molecule has 0 saturated carbocycles. The van der Waals surface area contributed by atoms with Gasteiger partial charge in [-0.1, -0.05) is 48.2 Å². The lowest BCUT2D eigenvalue weighted by Gasteiger charge is -2.15. The maximum absolute atomic E-state index is 13.0. The van der Waals surface area contributed by atoms with E-state index in [4.69, 9.17) is 21.7 Å². The number of aromatic nitrogens is 1. The van der Waals surface area contributed by atoms with Crippen LogP contribution in [0.5, 0.6) is 11.5 Å². The highest BCUT2D eigenvalue weighted by molar-refractivity contribution is 8.26. The molecule has 0 aliphatic carbocycles. The summed E-state index contributed by atoms with van der Waals surface area (Å²) in [6.07, 6.45) is 4.66. The van der Waals surface area contributed by atoms with Crippen LogP contribution in [0, 0.1) is 0 Å². The molecule has 5 nitrogen and oxygen atoms in total. The van der Waals surface area contributed by atoms with E-state index in [-0.39, 0.29) is 5.91 Å². The van der Waals surface area contributed by atoms with Crippen molar-refractivity contribution in [1.29, 1.82) is 0 Å². The molecule has 1 aliphatic rings. The van der Waals surface area contributed by atoms with Crippen molar-refractivity contribution in [3.63, 3.8) is 0 Å². The van der Waals surface area contributed by atoms with Gasteiger partial charge in [0.05, 0.1) is 19.1 Å². The van der Waals surface area contributed by atoms with Crippen LogP contribution in [-0.4, -0.2) is 40.5 Å². The van der Waals surface area contributed by atoms with Crippen LogP contribution in [-0.2, 0) is 18.3 Å².